The molecule has 0 heterocycles. The number of hydrogen-bond donors (Lipinski definition) is 0. The first-order valence-corrected chi connectivity index (χ1v) is 7.20. The van der Waals surface area contributed by atoms with Crippen LogP contribution in [0.3, 0.4) is 0 Å². The van der Waals surface area contributed by atoms with Gasteiger partial charge in [-0.05, 0) is 55.2 Å². The molecule has 2 rings (SSSR count). The molecule has 104 valence electrons. The first kappa shape index (κ1) is 14.8. The summed E-state index contributed by atoms with van der Waals surface area (Å²) in [5, 5.41) is 0. The SMILES string of the molecule is COC(=O)c1cccc(Br)c1-c1cc(C)c(C)c(C)c1. The molecule has 0 spiro atoms. The van der Waals surface area contributed by atoms with Crippen LogP contribution >= 0.6 is 15.9 Å². The Bertz CT molecular complexity index is 652. The highest BCUT2D eigenvalue weighted by molar-refractivity contribution is 9.10. The van der Waals surface area contributed by atoms with E-state index in [1.165, 1.54) is 23.8 Å². The predicted molar refractivity (Wildman–Crippen MR) is 85.1 cm³/mol. The fourth-order valence-electron chi connectivity index (χ4n) is 2.28. The first-order valence-electron chi connectivity index (χ1n) is 6.40. The van der Waals surface area contributed by atoms with Gasteiger partial charge in [-0.15, -0.1) is 0 Å². The largest absolute Gasteiger partial charge is 0.465 e. The van der Waals surface area contributed by atoms with Gasteiger partial charge in [0.25, 0.3) is 0 Å². The highest BCUT2D eigenvalue weighted by Gasteiger charge is 2.16. The molecule has 0 unspecified atom stereocenters. The summed E-state index contributed by atoms with van der Waals surface area (Å²) < 4.78 is 5.77. The molecule has 0 aromatic heterocycles. The Morgan fingerprint density at radius 2 is 1.70 bits per heavy atom. The van der Waals surface area contributed by atoms with Gasteiger partial charge in [-0.3, -0.25) is 0 Å². The number of aryl methyl sites for hydroxylation is 2. The fourth-order valence-corrected chi connectivity index (χ4v) is 2.87. The molecule has 0 aliphatic rings. The van der Waals surface area contributed by atoms with Crippen LogP contribution in [0.1, 0.15) is 27.0 Å². The summed E-state index contributed by atoms with van der Waals surface area (Å²) in [5.74, 6) is -0.322. The van der Waals surface area contributed by atoms with Crippen molar-refractivity contribution in [3.63, 3.8) is 0 Å². The summed E-state index contributed by atoms with van der Waals surface area (Å²) in [4.78, 5) is 12.0. The van der Waals surface area contributed by atoms with Crippen LogP contribution in [0.15, 0.2) is 34.8 Å². The number of carbonyl (C=O) groups excluding carboxylic acids is 1. The first-order chi connectivity index (χ1) is 9.45. The van der Waals surface area contributed by atoms with E-state index < -0.39 is 0 Å². The second kappa shape index (κ2) is 5.80. The van der Waals surface area contributed by atoms with E-state index in [1.807, 2.05) is 12.1 Å². The van der Waals surface area contributed by atoms with Crippen molar-refractivity contribution >= 4 is 21.9 Å². The molecule has 2 aromatic rings. The Labute approximate surface area is 127 Å². The zero-order valence-corrected chi connectivity index (χ0v) is 13.7. The third-order valence-corrected chi connectivity index (χ3v) is 4.30. The molecule has 2 aromatic carbocycles. The predicted octanol–water partition coefficient (Wildman–Crippen LogP) is 4.83. The van der Waals surface area contributed by atoms with Crippen molar-refractivity contribution in [2.75, 3.05) is 7.11 Å². The van der Waals surface area contributed by atoms with Gasteiger partial charge >= 0.3 is 5.97 Å². The van der Waals surface area contributed by atoms with Crippen LogP contribution < -0.4 is 0 Å². The van der Waals surface area contributed by atoms with Gasteiger partial charge in [0.1, 0.15) is 0 Å². The maximum atomic E-state index is 12.0. The zero-order chi connectivity index (χ0) is 14.9. The van der Waals surface area contributed by atoms with Gasteiger partial charge in [0.05, 0.1) is 12.7 Å². The lowest BCUT2D eigenvalue weighted by Gasteiger charge is -2.14. The highest BCUT2D eigenvalue weighted by atomic mass is 79.9. The molecule has 20 heavy (non-hydrogen) atoms. The summed E-state index contributed by atoms with van der Waals surface area (Å²) >= 11 is 3.54. The molecule has 0 radical (unpaired) electrons. The number of methoxy groups -OCH3 is 1. The molecular formula is C17H17BrO2. The van der Waals surface area contributed by atoms with Crippen molar-refractivity contribution in [1.82, 2.24) is 0 Å². The van der Waals surface area contributed by atoms with Crippen LogP contribution in [0.2, 0.25) is 0 Å². The van der Waals surface area contributed by atoms with Crippen molar-refractivity contribution in [1.29, 1.82) is 0 Å². The van der Waals surface area contributed by atoms with E-state index >= 15 is 0 Å². The van der Waals surface area contributed by atoms with E-state index in [0.29, 0.717) is 5.56 Å². The number of rotatable bonds is 2. The summed E-state index contributed by atoms with van der Waals surface area (Å²) in [6.45, 7) is 6.27. The Kier molecular flexibility index (Phi) is 4.29. The van der Waals surface area contributed by atoms with Crippen LogP contribution in [0, 0.1) is 20.8 Å². The third kappa shape index (κ3) is 2.63. The van der Waals surface area contributed by atoms with E-state index in [1.54, 1.807) is 6.07 Å². The van der Waals surface area contributed by atoms with E-state index in [9.17, 15) is 4.79 Å². The molecule has 0 saturated heterocycles. The topological polar surface area (TPSA) is 26.3 Å². The molecule has 2 nitrogen and oxygen atoms in total. The monoisotopic (exact) mass is 332 g/mol. The normalized spacial score (nSPS) is 10.4. The van der Waals surface area contributed by atoms with Gasteiger partial charge in [0, 0.05) is 10.0 Å². The average Bonchev–Trinajstić information content (AvgIpc) is 2.43. The van der Waals surface area contributed by atoms with Crippen molar-refractivity contribution < 1.29 is 9.53 Å². The lowest BCUT2D eigenvalue weighted by Crippen LogP contribution is -2.04. The number of ether oxygens (including phenoxy) is 1. The number of hydrogen-bond acceptors (Lipinski definition) is 2. The Morgan fingerprint density at radius 3 is 2.25 bits per heavy atom. The van der Waals surface area contributed by atoms with E-state index in [2.05, 4.69) is 48.8 Å². The molecule has 0 aliphatic heterocycles. The Balaban J connectivity index is 2.72. The Morgan fingerprint density at radius 1 is 1.10 bits per heavy atom. The molecule has 0 atom stereocenters. The maximum absolute atomic E-state index is 12.0. The van der Waals surface area contributed by atoms with Gasteiger partial charge in [-0.25, -0.2) is 4.79 Å². The summed E-state index contributed by atoms with van der Waals surface area (Å²) in [7, 11) is 1.40. The van der Waals surface area contributed by atoms with Crippen molar-refractivity contribution in [3.8, 4) is 11.1 Å². The number of halogens is 1. The summed E-state index contributed by atoms with van der Waals surface area (Å²) in [6.07, 6.45) is 0. The zero-order valence-electron chi connectivity index (χ0n) is 12.1. The molecule has 0 saturated carbocycles. The summed E-state index contributed by atoms with van der Waals surface area (Å²) in [6, 6.07) is 9.78. The van der Waals surface area contributed by atoms with Gasteiger partial charge in [-0.1, -0.05) is 34.1 Å². The molecular weight excluding hydrogens is 316 g/mol. The van der Waals surface area contributed by atoms with E-state index in [4.69, 9.17) is 4.74 Å². The standard InChI is InChI=1S/C17H17BrO2/c1-10-8-13(9-11(2)12(10)3)16-14(17(19)20-4)6-5-7-15(16)18/h5-9H,1-4H3. The molecule has 0 bridgehead atoms. The van der Waals surface area contributed by atoms with Crippen molar-refractivity contribution in [2.45, 2.75) is 20.8 Å². The minimum Gasteiger partial charge on any atom is -0.465 e. The average molecular weight is 333 g/mol. The number of carbonyl (C=O) groups is 1. The molecule has 0 fully saturated rings. The molecule has 3 heteroatoms. The van der Waals surface area contributed by atoms with Crippen LogP contribution in [0.4, 0.5) is 0 Å². The van der Waals surface area contributed by atoms with Gasteiger partial charge < -0.3 is 4.74 Å². The third-order valence-electron chi connectivity index (χ3n) is 3.63. The van der Waals surface area contributed by atoms with Crippen LogP contribution in [-0.4, -0.2) is 13.1 Å². The minimum atomic E-state index is -0.322. The quantitative estimate of drug-likeness (QED) is 0.736. The molecule has 0 N–H and O–H groups in total. The minimum absolute atomic E-state index is 0.322. The molecule has 0 aliphatic carbocycles. The van der Waals surface area contributed by atoms with Crippen molar-refractivity contribution in [2.24, 2.45) is 0 Å². The maximum Gasteiger partial charge on any atom is 0.338 e. The fraction of sp³-hybridized carbons (Fsp3) is 0.235. The molecule has 0 amide bonds. The second-order valence-corrected chi connectivity index (χ2v) is 5.74. The van der Waals surface area contributed by atoms with E-state index in [-0.39, 0.29) is 5.97 Å². The highest BCUT2D eigenvalue weighted by Crippen LogP contribution is 2.34. The van der Waals surface area contributed by atoms with E-state index in [0.717, 1.165) is 15.6 Å². The smallest absolute Gasteiger partial charge is 0.338 e. The lowest BCUT2D eigenvalue weighted by molar-refractivity contribution is 0.0601. The van der Waals surface area contributed by atoms with Crippen LogP contribution in [0.25, 0.3) is 11.1 Å². The number of benzene rings is 2. The summed E-state index contributed by atoms with van der Waals surface area (Å²) in [5.41, 5.74) is 6.19. The lowest BCUT2D eigenvalue weighted by atomic mass is 9.94. The number of esters is 1. The second-order valence-electron chi connectivity index (χ2n) is 4.89. The van der Waals surface area contributed by atoms with Gasteiger partial charge in [0.2, 0.25) is 0 Å². The van der Waals surface area contributed by atoms with Crippen LogP contribution in [0.5, 0.6) is 0 Å². The van der Waals surface area contributed by atoms with Crippen LogP contribution in [-0.2, 0) is 4.74 Å². The van der Waals surface area contributed by atoms with Gasteiger partial charge in [0.15, 0.2) is 0 Å². The Hall–Kier alpha value is -1.61. The van der Waals surface area contributed by atoms with Gasteiger partial charge in [-0.2, -0.15) is 0 Å². The van der Waals surface area contributed by atoms with Crippen molar-refractivity contribution in [3.05, 3.63) is 57.1 Å².